The summed E-state index contributed by atoms with van der Waals surface area (Å²) in [7, 11) is -3.37. The van der Waals surface area contributed by atoms with Gasteiger partial charge in [0.1, 0.15) is 0 Å². The van der Waals surface area contributed by atoms with E-state index in [1.165, 1.54) is 6.07 Å². The fourth-order valence-electron chi connectivity index (χ4n) is 3.02. The molecule has 2 aromatic rings. The Morgan fingerprint density at radius 3 is 2.44 bits per heavy atom. The highest BCUT2D eigenvalue weighted by atomic mass is 35.5. The molecule has 4 nitrogen and oxygen atoms in total. The first kappa shape index (κ1) is 18.2. The summed E-state index contributed by atoms with van der Waals surface area (Å²) in [4.78, 5) is 12.6. The topological polar surface area (TPSA) is 63.2 Å². The van der Waals surface area contributed by atoms with Crippen LogP contribution in [-0.2, 0) is 9.84 Å². The van der Waals surface area contributed by atoms with Gasteiger partial charge in [-0.3, -0.25) is 4.79 Å². The van der Waals surface area contributed by atoms with Crippen molar-refractivity contribution in [1.29, 1.82) is 0 Å². The molecule has 25 heavy (non-hydrogen) atoms. The molecule has 3 rings (SSSR count). The molecule has 1 aliphatic carbocycles. The van der Waals surface area contributed by atoms with E-state index in [1.54, 1.807) is 36.4 Å². The lowest BCUT2D eigenvalue weighted by Crippen LogP contribution is -2.18. The van der Waals surface area contributed by atoms with Crippen LogP contribution in [0.25, 0.3) is 0 Å². The number of benzene rings is 2. The third-order valence-corrected chi connectivity index (χ3v) is 7.44. The van der Waals surface area contributed by atoms with E-state index in [4.69, 9.17) is 23.2 Å². The second kappa shape index (κ2) is 7.36. The van der Waals surface area contributed by atoms with E-state index in [-0.39, 0.29) is 25.8 Å². The summed E-state index contributed by atoms with van der Waals surface area (Å²) >= 11 is 12.0. The zero-order chi connectivity index (χ0) is 18.0. The van der Waals surface area contributed by atoms with E-state index in [2.05, 4.69) is 5.32 Å². The fourth-order valence-corrected chi connectivity index (χ4v) is 5.30. The van der Waals surface area contributed by atoms with Crippen molar-refractivity contribution in [2.45, 2.75) is 35.8 Å². The molecule has 1 amide bonds. The van der Waals surface area contributed by atoms with Gasteiger partial charge in [0, 0.05) is 5.69 Å². The van der Waals surface area contributed by atoms with Crippen LogP contribution in [0.2, 0.25) is 10.0 Å². The summed E-state index contributed by atoms with van der Waals surface area (Å²) in [6.07, 6.45) is 3.26. The number of nitrogens with one attached hydrogen (secondary N) is 1. The smallest absolute Gasteiger partial charge is 0.257 e. The molecule has 1 aliphatic rings. The van der Waals surface area contributed by atoms with E-state index >= 15 is 0 Å². The van der Waals surface area contributed by atoms with E-state index in [0.29, 0.717) is 18.5 Å². The maximum absolute atomic E-state index is 12.7. The van der Waals surface area contributed by atoms with Gasteiger partial charge in [-0.05, 0) is 43.2 Å². The molecule has 0 heterocycles. The molecule has 1 saturated carbocycles. The van der Waals surface area contributed by atoms with Crippen LogP contribution in [0, 0.1) is 0 Å². The average Bonchev–Trinajstić information content (AvgIpc) is 3.13. The van der Waals surface area contributed by atoms with Gasteiger partial charge in [0.05, 0.1) is 25.8 Å². The monoisotopic (exact) mass is 397 g/mol. The lowest BCUT2D eigenvalue weighted by molar-refractivity contribution is 0.102. The average molecular weight is 398 g/mol. The zero-order valence-corrected chi connectivity index (χ0v) is 15.7. The van der Waals surface area contributed by atoms with Crippen molar-refractivity contribution in [3.63, 3.8) is 0 Å². The van der Waals surface area contributed by atoms with E-state index in [1.807, 2.05) is 0 Å². The summed E-state index contributed by atoms with van der Waals surface area (Å²) in [6.45, 7) is 0. The van der Waals surface area contributed by atoms with Crippen LogP contribution in [0.15, 0.2) is 47.4 Å². The molecule has 0 radical (unpaired) electrons. The second-order valence-corrected chi connectivity index (χ2v) is 9.05. The molecule has 0 aromatic heterocycles. The van der Waals surface area contributed by atoms with Crippen LogP contribution >= 0.6 is 23.2 Å². The zero-order valence-electron chi connectivity index (χ0n) is 13.3. The van der Waals surface area contributed by atoms with Crippen molar-refractivity contribution < 1.29 is 13.2 Å². The van der Waals surface area contributed by atoms with Crippen LogP contribution < -0.4 is 5.32 Å². The minimum Gasteiger partial charge on any atom is -0.322 e. The van der Waals surface area contributed by atoms with Gasteiger partial charge in [0.25, 0.3) is 5.91 Å². The first-order chi connectivity index (χ1) is 11.9. The highest BCUT2D eigenvalue weighted by Crippen LogP contribution is 2.31. The molecule has 0 bridgehead atoms. The van der Waals surface area contributed by atoms with E-state index in [9.17, 15) is 13.2 Å². The molecule has 1 fully saturated rings. The molecule has 0 spiro atoms. The van der Waals surface area contributed by atoms with Crippen LogP contribution in [-0.4, -0.2) is 19.6 Å². The number of hydrogen-bond donors (Lipinski definition) is 1. The Morgan fingerprint density at radius 2 is 1.72 bits per heavy atom. The van der Waals surface area contributed by atoms with Crippen molar-refractivity contribution in [2.24, 2.45) is 0 Å². The van der Waals surface area contributed by atoms with Crippen molar-refractivity contribution >= 4 is 44.6 Å². The third kappa shape index (κ3) is 3.84. The predicted molar refractivity (Wildman–Crippen MR) is 100 cm³/mol. The Kier molecular flexibility index (Phi) is 5.37. The second-order valence-electron chi connectivity index (χ2n) is 6.03. The molecule has 0 atom stereocenters. The van der Waals surface area contributed by atoms with E-state index in [0.717, 1.165) is 12.8 Å². The first-order valence-corrected chi connectivity index (χ1v) is 10.3. The minimum absolute atomic E-state index is 0.163. The van der Waals surface area contributed by atoms with E-state index < -0.39 is 15.7 Å². The third-order valence-electron chi connectivity index (χ3n) is 4.36. The van der Waals surface area contributed by atoms with Gasteiger partial charge in [0.2, 0.25) is 0 Å². The number of carbonyl (C=O) groups excluding carboxylic acids is 1. The van der Waals surface area contributed by atoms with Crippen LogP contribution in [0.3, 0.4) is 0 Å². The lowest BCUT2D eigenvalue weighted by atomic mass is 10.2. The van der Waals surface area contributed by atoms with Gasteiger partial charge in [-0.1, -0.05) is 48.2 Å². The normalized spacial score (nSPS) is 15.3. The molecule has 7 heteroatoms. The highest BCUT2D eigenvalue weighted by Gasteiger charge is 2.30. The molecule has 132 valence electrons. The Balaban J connectivity index is 1.85. The summed E-state index contributed by atoms with van der Waals surface area (Å²) in [6, 6.07) is 11.1. The van der Waals surface area contributed by atoms with Crippen LogP contribution in [0.4, 0.5) is 5.69 Å². The van der Waals surface area contributed by atoms with Crippen molar-refractivity contribution in [1.82, 2.24) is 0 Å². The first-order valence-electron chi connectivity index (χ1n) is 7.99. The maximum atomic E-state index is 12.7. The Labute approximate surface area is 157 Å². The summed E-state index contributed by atoms with van der Waals surface area (Å²) in [5, 5.41) is 2.80. The van der Waals surface area contributed by atoms with Gasteiger partial charge < -0.3 is 5.32 Å². The minimum atomic E-state index is -3.37. The molecule has 0 unspecified atom stereocenters. The molecule has 0 aliphatic heterocycles. The number of hydrogen-bond acceptors (Lipinski definition) is 3. The fraction of sp³-hybridized carbons (Fsp3) is 0.278. The van der Waals surface area contributed by atoms with Crippen molar-refractivity contribution in [3.05, 3.63) is 58.1 Å². The number of rotatable bonds is 4. The standard InChI is InChI=1S/C18H17Cl2NO3S/c19-16-10-4-9-15(17(16)20)18(22)21-12-5-3-8-14(11-12)25(23,24)13-6-1-2-7-13/h3-5,8-11,13H,1-2,6-7H2,(H,21,22). The quantitative estimate of drug-likeness (QED) is 0.792. The molecule has 1 N–H and O–H groups in total. The van der Waals surface area contributed by atoms with Crippen LogP contribution in [0.1, 0.15) is 36.0 Å². The van der Waals surface area contributed by atoms with Gasteiger partial charge >= 0.3 is 0 Å². The molecular weight excluding hydrogens is 381 g/mol. The molecular formula is C18H17Cl2NO3S. The largest absolute Gasteiger partial charge is 0.322 e. The summed E-state index contributed by atoms with van der Waals surface area (Å²) in [5.41, 5.74) is 0.637. The number of carbonyl (C=O) groups is 1. The number of amides is 1. The van der Waals surface area contributed by atoms with Gasteiger partial charge in [0.15, 0.2) is 9.84 Å². The number of halogens is 2. The Morgan fingerprint density at radius 1 is 1.04 bits per heavy atom. The van der Waals surface area contributed by atoms with Gasteiger partial charge in [-0.15, -0.1) is 0 Å². The summed E-state index contributed by atoms with van der Waals surface area (Å²) < 4.78 is 25.4. The summed E-state index contributed by atoms with van der Waals surface area (Å²) in [5.74, 6) is -0.442. The molecule has 0 saturated heterocycles. The number of anilines is 1. The SMILES string of the molecule is O=C(Nc1cccc(S(=O)(=O)C2CCCC2)c1)c1cccc(Cl)c1Cl. The van der Waals surface area contributed by atoms with Gasteiger partial charge in [-0.25, -0.2) is 8.42 Å². The van der Waals surface area contributed by atoms with Gasteiger partial charge in [-0.2, -0.15) is 0 Å². The van der Waals surface area contributed by atoms with Crippen molar-refractivity contribution in [3.8, 4) is 0 Å². The van der Waals surface area contributed by atoms with Crippen LogP contribution in [0.5, 0.6) is 0 Å². The highest BCUT2D eigenvalue weighted by molar-refractivity contribution is 7.92. The maximum Gasteiger partial charge on any atom is 0.257 e. The lowest BCUT2D eigenvalue weighted by Gasteiger charge is -2.13. The number of sulfone groups is 1. The Hall–Kier alpha value is -1.56. The molecule has 2 aromatic carbocycles. The Bertz CT molecular complexity index is 906. The predicted octanol–water partition coefficient (Wildman–Crippen LogP) is 4.96. The van der Waals surface area contributed by atoms with Crippen molar-refractivity contribution in [2.75, 3.05) is 5.32 Å².